The highest BCUT2D eigenvalue weighted by Crippen LogP contribution is 2.52. The Labute approximate surface area is 257 Å². The minimum atomic E-state index is -0.761. The summed E-state index contributed by atoms with van der Waals surface area (Å²) in [5.41, 5.74) is 0.902. The van der Waals surface area contributed by atoms with Crippen molar-refractivity contribution in [2.24, 2.45) is 17.8 Å². The predicted molar refractivity (Wildman–Crippen MR) is 163 cm³/mol. The second-order valence-electron chi connectivity index (χ2n) is 11.8. The molecule has 1 aromatic heterocycles. The largest absolute Gasteiger partial charge is 0.481 e. The van der Waals surface area contributed by atoms with E-state index in [0.717, 1.165) is 31.2 Å². The molecule has 2 unspecified atom stereocenters. The lowest BCUT2D eigenvalue weighted by Gasteiger charge is -2.36. The molecule has 12 heteroatoms. The summed E-state index contributed by atoms with van der Waals surface area (Å²) in [4.78, 5) is 65.8. The first-order valence-corrected chi connectivity index (χ1v) is 15.7. The molecule has 1 aromatic carbocycles. The van der Waals surface area contributed by atoms with Crippen molar-refractivity contribution in [1.29, 1.82) is 0 Å². The SMILES string of the molecule is CCCCOC(=O)N1CCN(C(=O)[C@H](CCCC)NC(=O)c2cc(N3CC4C(C3)C4C(=O)O)nc(-c3ccccc3)n2)CC1. The van der Waals surface area contributed by atoms with Gasteiger partial charge in [0.25, 0.3) is 5.91 Å². The van der Waals surface area contributed by atoms with E-state index in [9.17, 15) is 24.3 Å². The van der Waals surface area contributed by atoms with Crippen LogP contribution in [0.2, 0.25) is 0 Å². The van der Waals surface area contributed by atoms with E-state index in [4.69, 9.17) is 9.72 Å². The maximum Gasteiger partial charge on any atom is 0.409 e. The van der Waals surface area contributed by atoms with E-state index in [1.807, 2.05) is 49.1 Å². The van der Waals surface area contributed by atoms with Gasteiger partial charge in [-0.05, 0) is 24.7 Å². The normalized spacial score (nSPS) is 21.4. The van der Waals surface area contributed by atoms with Gasteiger partial charge in [0.15, 0.2) is 5.82 Å². The number of hydrogen-bond acceptors (Lipinski definition) is 8. The van der Waals surface area contributed by atoms with Crippen LogP contribution in [0.4, 0.5) is 10.6 Å². The van der Waals surface area contributed by atoms with Gasteiger partial charge in [-0.1, -0.05) is 63.4 Å². The van der Waals surface area contributed by atoms with Gasteiger partial charge in [0.2, 0.25) is 5.91 Å². The number of carbonyl (C=O) groups excluding carboxylic acids is 3. The Bertz CT molecular complexity index is 1340. The number of unbranched alkanes of at least 4 members (excludes halogenated alkanes) is 2. The zero-order valence-electron chi connectivity index (χ0n) is 25.5. The number of carboxylic acid groups (broad SMARTS) is 1. The molecule has 3 aliphatic rings. The highest BCUT2D eigenvalue weighted by atomic mass is 16.6. The Hall–Kier alpha value is -4.22. The summed E-state index contributed by atoms with van der Waals surface area (Å²) in [5, 5.41) is 12.4. The van der Waals surface area contributed by atoms with Gasteiger partial charge in [-0.15, -0.1) is 0 Å². The van der Waals surface area contributed by atoms with E-state index in [1.165, 1.54) is 0 Å². The molecule has 1 saturated carbocycles. The molecule has 2 N–H and O–H groups in total. The van der Waals surface area contributed by atoms with Gasteiger partial charge in [0.05, 0.1) is 12.5 Å². The Morgan fingerprint density at radius 2 is 1.61 bits per heavy atom. The van der Waals surface area contributed by atoms with Crippen molar-refractivity contribution < 1.29 is 29.0 Å². The molecule has 236 valence electrons. The number of fused-ring (bicyclic) bond motifs is 1. The van der Waals surface area contributed by atoms with Gasteiger partial charge >= 0.3 is 12.1 Å². The number of nitrogens with one attached hydrogen (secondary N) is 1. The third kappa shape index (κ3) is 7.11. The van der Waals surface area contributed by atoms with Crippen molar-refractivity contribution in [1.82, 2.24) is 25.1 Å². The summed E-state index contributed by atoms with van der Waals surface area (Å²) in [6, 6.07) is 10.3. The Kier molecular flexibility index (Phi) is 9.96. The summed E-state index contributed by atoms with van der Waals surface area (Å²) >= 11 is 0. The van der Waals surface area contributed by atoms with E-state index < -0.39 is 17.9 Å². The molecule has 12 nitrogen and oxygen atoms in total. The second kappa shape index (κ2) is 14.0. The Balaban J connectivity index is 1.29. The van der Waals surface area contributed by atoms with Crippen LogP contribution < -0.4 is 10.2 Å². The lowest BCUT2D eigenvalue weighted by Crippen LogP contribution is -2.56. The van der Waals surface area contributed by atoms with E-state index in [0.29, 0.717) is 63.9 Å². The lowest BCUT2D eigenvalue weighted by molar-refractivity contribution is -0.139. The minimum Gasteiger partial charge on any atom is -0.481 e. The highest BCUT2D eigenvalue weighted by Gasteiger charge is 2.60. The van der Waals surface area contributed by atoms with Crippen molar-refractivity contribution in [3.63, 3.8) is 0 Å². The zero-order chi connectivity index (χ0) is 31.2. The van der Waals surface area contributed by atoms with Crippen LogP contribution in [0.15, 0.2) is 36.4 Å². The third-order valence-corrected chi connectivity index (χ3v) is 8.80. The van der Waals surface area contributed by atoms with Gasteiger partial charge in [-0.25, -0.2) is 14.8 Å². The number of anilines is 1. The number of amides is 3. The molecule has 3 atom stereocenters. The molecule has 0 radical (unpaired) electrons. The van der Waals surface area contributed by atoms with Crippen LogP contribution in [0.25, 0.3) is 11.4 Å². The number of aliphatic carboxylic acids is 1. The standard InChI is InChI=1S/C32H42N6O6/c1-3-5-12-24(30(40)36-13-15-37(16-14-36)32(43)44-17-6-4-2)34-29(39)25-18-26(35-28(33-25)21-10-8-7-9-11-21)38-19-22-23(20-38)27(22)31(41)42/h7-11,18,22-24,27H,3-6,12-17,19-20H2,1-2H3,(H,34,39)(H,41,42)/t22?,23?,24-,27?/m0/s1. The fourth-order valence-electron chi connectivity index (χ4n) is 6.13. The van der Waals surface area contributed by atoms with Gasteiger partial charge in [-0.3, -0.25) is 14.4 Å². The number of carboxylic acids is 1. The number of ether oxygens (including phenoxy) is 1. The smallest absolute Gasteiger partial charge is 0.409 e. The number of benzene rings is 1. The number of carbonyl (C=O) groups is 4. The molecule has 5 rings (SSSR count). The summed E-state index contributed by atoms with van der Waals surface area (Å²) in [6.45, 7) is 7.06. The van der Waals surface area contributed by atoms with Crippen molar-refractivity contribution >= 4 is 29.7 Å². The molecular weight excluding hydrogens is 564 g/mol. The van der Waals surface area contributed by atoms with Gasteiger partial charge in [0.1, 0.15) is 17.6 Å². The average Bonchev–Trinajstić information content (AvgIpc) is 3.57. The van der Waals surface area contributed by atoms with Gasteiger partial charge in [-0.2, -0.15) is 0 Å². The number of piperazine rings is 1. The molecule has 44 heavy (non-hydrogen) atoms. The third-order valence-electron chi connectivity index (χ3n) is 8.80. The average molecular weight is 607 g/mol. The first-order chi connectivity index (χ1) is 21.3. The quantitative estimate of drug-likeness (QED) is 0.348. The van der Waals surface area contributed by atoms with Crippen LogP contribution in [0.3, 0.4) is 0 Å². The van der Waals surface area contributed by atoms with E-state index in [2.05, 4.69) is 10.3 Å². The number of piperidine rings is 1. The fraction of sp³-hybridized carbons (Fsp3) is 0.562. The number of nitrogens with zero attached hydrogens (tertiary/aromatic N) is 5. The first kappa shape index (κ1) is 31.2. The molecule has 3 heterocycles. The summed E-state index contributed by atoms with van der Waals surface area (Å²) in [6.07, 6.45) is 3.50. The van der Waals surface area contributed by atoms with Gasteiger partial charge in [0, 0.05) is 50.9 Å². The topological polar surface area (TPSA) is 145 Å². The van der Waals surface area contributed by atoms with Crippen LogP contribution in [-0.2, 0) is 14.3 Å². The Morgan fingerprint density at radius 3 is 2.25 bits per heavy atom. The molecule has 0 spiro atoms. The van der Waals surface area contributed by atoms with Crippen molar-refractivity contribution in [3.05, 3.63) is 42.1 Å². The predicted octanol–water partition coefficient (Wildman–Crippen LogP) is 3.28. The molecule has 3 fully saturated rings. The molecular formula is C32H42N6O6. The number of hydrogen-bond donors (Lipinski definition) is 2. The second-order valence-corrected chi connectivity index (χ2v) is 11.8. The Morgan fingerprint density at radius 1 is 0.955 bits per heavy atom. The van der Waals surface area contributed by atoms with Gasteiger partial charge < -0.3 is 29.9 Å². The monoisotopic (exact) mass is 606 g/mol. The van der Waals surface area contributed by atoms with Crippen LogP contribution in [0.5, 0.6) is 0 Å². The summed E-state index contributed by atoms with van der Waals surface area (Å²) in [5.74, 6) is -0.606. The molecule has 2 saturated heterocycles. The molecule has 2 aromatic rings. The molecule has 0 bridgehead atoms. The minimum absolute atomic E-state index is 0.0784. The van der Waals surface area contributed by atoms with E-state index in [1.54, 1.807) is 15.9 Å². The van der Waals surface area contributed by atoms with E-state index in [-0.39, 0.29) is 35.4 Å². The molecule has 3 amide bonds. The van der Waals surface area contributed by atoms with Crippen molar-refractivity contribution in [2.75, 3.05) is 50.8 Å². The van der Waals surface area contributed by atoms with Crippen LogP contribution >= 0.6 is 0 Å². The highest BCUT2D eigenvalue weighted by molar-refractivity contribution is 5.97. The van der Waals surface area contributed by atoms with Crippen molar-refractivity contribution in [2.45, 2.75) is 52.0 Å². The number of rotatable bonds is 12. The molecule has 1 aliphatic carbocycles. The number of aromatic nitrogens is 2. The lowest BCUT2D eigenvalue weighted by atomic mass is 10.1. The van der Waals surface area contributed by atoms with Crippen LogP contribution in [0.1, 0.15) is 56.4 Å². The maximum atomic E-state index is 13.7. The summed E-state index contributed by atoms with van der Waals surface area (Å²) in [7, 11) is 0. The summed E-state index contributed by atoms with van der Waals surface area (Å²) < 4.78 is 5.32. The van der Waals surface area contributed by atoms with E-state index >= 15 is 0 Å². The van der Waals surface area contributed by atoms with Crippen LogP contribution in [0, 0.1) is 17.8 Å². The zero-order valence-corrected chi connectivity index (χ0v) is 25.5. The first-order valence-electron chi connectivity index (χ1n) is 15.7. The molecule has 2 aliphatic heterocycles. The van der Waals surface area contributed by atoms with Crippen molar-refractivity contribution in [3.8, 4) is 11.4 Å². The van der Waals surface area contributed by atoms with Crippen LogP contribution in [-0.4, -0.2) is 101 Å². The maximum absolute atomic E-state index is 13.7. The fourth-order valence-corrected chi connectivity index (χ4v) is 6.13.